The van der Waals surface area contributed by atoms with Gasteiger partial charge in [-0.15, -0.1) is 0 Å². The summed E-state index contributed by atoms with van der Waals surface area (Å²) in [6.07, 6.45) is 7.18. The molecule has 1 unspecified atom stereocenters. The van der Waals surface area contributed by atoms with Gasteiger partial charge in [-0.05, 0) is 81.2 Å². The maximum Gasteiger partial charge on any atom is 0.240 e. The summed E-state index contributed by atoms with van der Waals surface area (Å²) >= 11 is 0. The highest BCUT2D eigenvalue weighted by atomic mass is 32.2. The summed E-state index contributed by atoms with van der Waals surface area (Å²) in [7, 11) is -1.88. The summed E-state index contributed by atoms with van der Waals surface area (Å²) in [5.74, 6) is 1.65. The molecule has 4 saturated carbocycles. The predicted octanol–water partition coefficient (Wildman–Crippen LogP) is 3.60. The van der Waals surface area contributed by atoms with Crippen LogP contribution in [-0.2, 0) is 26.6 Å². The molecule has 2 N–H and O–H groups in total. The average molecular weight is 537 g/mol. The Labute approximate surface area is 224 Å². The monoisotopic (exact) mass is 536 g/mol. The number of phenols is 1. The lowest BCUT2D eigenvalue weighted by molar-refractivity contribution is -0.275. The highest BCUT2D eigenvalue weighted by Gasteiger charge is 2.80. The molecular weight excluding hydrogens is 500 g/mol. The summed E-state index contributed by atoms with van der Waals surface area (Å²) < 4.78 is 42.7. The summed E-state index contributed by atoms with van der Waals surface area (Å²) in [6, 6.07) is 12.9. The van der Waals surface area contributed by atoms with Gasteiger partial charge in [-0.25, -0.2) is 13.1 Å². The standard InChI is InChI=1S/C30H36N2O5S/c1-36-30-12-11-28(16-21(30)17-31-38(34,35)22-5-3-2-4-6-22)24-15-20-9-10-23(33)26-25(20)29(28,27(30)37-26)13-14-32(24)18-19-7-8-19/h2-6,9-10,19,21,24,27,31,33H,7-8,11-18H2,1H3/t21-,24-,27?,28-,29+,30-/m1/s1. The number of sulfonamides is 1. The molecule has 5 aliphatic carbocycles. The van der Waals surface area contributed by atoms with E-state index >= 15 is 0 Å². The number of hydrogen-bond acceptors (Lipinski definition) is 6. The van der Waals surface area contributed by atoms with Gasteiger partial charge in [0.15, 0.2) is 11.5 Å². The van der Waals surface area contributed by atoms with E-state index in [0.29, 0.717) is 18.3 Å². The molecule has 5 fully saturated rings. The predicted molar refractivity (Wildman–Crippen MR) is 142 cm³/mol. The topological polar surface area (TPSA) is 88.1 Å². The van der Waals surface area contributed by atoms with E-state index in [-0.39, 0.29) is 33.5 Å². The van der Waals surface area contributed by atoms with Gasteiger partial charge in [-0.2, -0.15) is 0 Å². The molecule has 2 aromatic carbocycles. The van der Waals surface area contributed by atoms with Crippen LogP contribution in [0.2, 0.25) is 0 Å². The van der Waals surface area contributed by atoms with Crippen molar-refractivity contribution >= 4 is 10.0 Å². The first-order valence-corrected chi connectivity index (χ1v) is 15.7. The SMILES string of the molecule is CO[C@]12CC[C@@]3(C[C@@H]1CNS(=O)(=O)c1ccccc1)[C@H]1Cc4ccc(O)c5c4[C@@]3(CCN1CC1CC1)C2O5. The first-order valence-electron chi connectivity index (χ1n) is 14.2. The van der Waals surface area contributed by atoms with Crippen LogP contribution in [0.4, 0.5) is 0 Å². The van der Waals surface area contributed by atoms with Crippen molar-refractivity contribution < 1.29 is 23.0 Å². The van der Waals surface area contributed by atoms with E-state index in [4.69, 9.17) is 9.47 Å². The fourth-order valence-electron chi connectivity index (χ4n) is 9.68. The molecule has 0 radical (unpaired) electrons. The van der Waals surface area contributed by atoms with E-state index in [1.54, 1.807) is 37.4 Å². The Kier molecular flexibility index (Phi) is 4.84. The first-order chi connectivity index (χ1) is 18.3. The fourth-order valence-corrected chi connectivity index (χ4v) is 10.8. The second-order valence-corrected chi connectivity index (χ2v) is 14.5. The minimum atomic E-state index is -3.64. The maximum atomic E-state index is 13.2. The van der Waals surface area contributed by atoms with Crippen LogP contribution in [0.5, 0.6) is 11.5 Å². The van der Waals surface area contributed by atoms with Gasteiger partial charge in [0, 0.05) is 48.6 Å². The van der Waals surface area contributed by atoms with Gasteiger partial charge < -0.3 is 14.6 Å². The van der Waals surface area contributed by atoms with Gasteiger partial charge in [-0.1, -0.05) is 24.3 Å². The lowest BCUT2D eigenvalue weighted by Gasteiger charge is -2.74. The van der Waals surface area contributed by atoms with Crippen molar-refractivity contribution in [2.75, 3.05) is 26.7 Å². The van der Waals surface area contributed by atoms with Crippen LogP contribution in [0, 0.1) is 17.3 Å². The van der Waals surface area contributed by atoms with Crippen molar-refractivity contribution in [1.82, 2.24) is 9.62 Å². The molecule has 2 aromatic rings. The number of phenolic OH excluding ortho intramolecular Hbond substituents is 1. The molecule has 0 aromatic heterocycles. The largest absolute Gasteiger partial charge is 0.504 e. The zero-order valence-electron chi connectivity index (χ0n) is 21.9. The van der Waals surface area contributed by atoms with Crippen LogP contribution in [0.3, 0.4) is 0 Å². The number of benzene rings is 2. The number of ether oxygens (including phenoxy) is 2. The molecule has 6 atom stereocenters. The highest BCUT2D eigenvalue weighted by molar-refractivity contribution is 7.89. The minimum absolute atomic E-state index is 0.0278. The Balaban J connectivity index is 1.24. The normalized spacial score (nSPS) is 38.6. The molecule has 1 saturated heterocycles. The third-order valence-corrected chi connectivity index (χ3v) is 12.8. The van der Waals surface area contributed by atoms with E-state index in [2.05, 4.69) is 15.7 Å². The van der Waals surface area contributed by atoms with Crippen LogP contribution in [-0.4, -0.2) is 62.9 Å². The summed E-state index contributed by atoms with van der Waals surface area (Å²) in [4.78, 5) is 3.05. The molecule has 0 amide bonds. The van der Waals surface area contributed by atoms with E-state index in [0.717, 1.165) is 51.1 Å². The zero-order chi connectivity index (χ0) is 25.9. The van der Waals surface area contributed by atoms with Crippen LogP contribution in [0.1, 0.15) is 49.7 Å². The Morgan fingerprint density at radius 1 is 1.13 bits per heavy atom. The van der Waals surface area contributed by atoms with Crippen molar-refractivity contribution in [2.45, 2.75) is 73.0 Å². The summed E-state index contributed by atoms with van der Waals surface area (Å²) in [6.45, 7) is 2.52. The smallest absolute Gasteiger partial charge is 0.240 e. The quantitative estimate of drug-likeness (QED) is 0.562. The molecule has 4 bridgehead atoms. The minimum Gasteiger partial charge on any atom is -0.504 e. The maximum absolute atomic E-state index is 13.2. The van der Waals surface area contributed by atoms with E-state index in [1.807, 2.05) is 6.07 Å². The Bertz CT molecular complexity index is 1410. The Hall–Kier alpha value is -2.13. The Morgan fingerprint density at radius 2 is 1.95 bits per heavy atom. The number of methoxy groups -OCH3 is 1. The molecule has 2 heterocycles. The lowest BCUT2D eigenvalue weighted by atomic mass is 9.35. The van der Waals surface area contributed by atoms with Gasteiger partial charge in [0.1, 0.15) is 11.7 Å². The molecule has 9 rings (SSSR count). The third-order valence-electron chi connectivity index (χ3n) is 11.4. The lowest BCUT2D eigenvalue weighted by Crippen LogP contribution is -2.81. The van der Waals surface area contributed by atoms with Crippen molar-refractivity contribution in [1.29, 1.82) is 0 Å². The van der Waals surface area contributed by atoms with Crippen molar-refractivity contribution in [2.24, 2.45) is 17.3 Å². The molecule has 2 aliphatic heterocycles. The molecule has 202 valence electrons. The molecule has 7 aliphatic rings. The van der Waals surface area contributed by atoms with Crippen LogP contribution >= 0.6 is 0 Å². The van der Waals surface area contributed by atoms with Crippen molar-refractivity contribution in [3.63, 3.8) is 0 Å². The number of hydrogen-bond donors (Lipinski definition) is 2. The highest BCUT2D eigenvalue weighted by Crippen LogP contribution is 2.76. The first kappa shape index (κ1) is 23.7. The van der Waals surface area contributed by atoms with Crippen LogP contribution in [0.25, 0.3) is 0 Å². The number of piperidine rings is 1. The molecule has 38 heavy (non-hydrogen) atoms. The fraction of sp³-hybridized carbons (Fsp3) is 0.600. The van der Waals surface area contributed by atoms with E-state index in [1.165, 1.54) is 24.0 Å². The van der Waals surface area contributed by atoms with Crippen molar-refractivity contribution in [3.05, 3.63) is 53.6 Å². The molecule has 7 nitrogen and oxygen atoms in total. The second kappa shape index (κ2) is 7.74. The van der Waals surface area contributed by atoms with E-state index in [9.17, 15) is 13.5 Å². The molecule has 2 spiro atoms. The molecular formula is C30H36N2O5S. The average Bonchev–Trinajstić information content (AvgIpc) is 3.67. The zero-order valence-corrected chi connectivity index (χ0v) is 22.7. The van der Waals surface area contributed by atoms with Gasteiger partial charge >= 0.3 is 0 Å². The summed E-state index contributed by atoms with van der Waals surface area (Å²) in [5, 5.41) is 11.0. The van der Waals surface area contributed by atoms with Gasteiger partial charge in [0.05, 0.1) is 4.90 Å². The number of nitrogens with one attached hydrogen (secondary N) is 1. The van der Waals surface area contributed by atoms with Gasteiger partial charge in [0.2, 0.25) is 10.0 Å². The van der Waals surface area contributed by atoms with Crippen LogP contribution < -0.4 is 9.46 Å². The Morgan fingerprint density at radius 3 is 2.71 bits per heavy atom. The number of likely N-dealkylation sites (tertiary alicyclic amines) is 1. The third kappa shape index (κ3) is 2.82. The number of fused-ring (bicyclic) bond motifs is 2. The second-order valence-electron chi connectivity index (χ2n) is 12.7. The van der Waals surface area contributed by atoms with Crippen LogP contribution in [0.15, 0.2) is 47.4 Å². The van der Waals surface area contributed by atoms with Crippen molar-refractivity contribution in [3.8, 4) is 11.5 Å². The molecule has 8 heteroatoms. The van der Waals surface area contributed by atoms with E-state index < -0.39 is 15.6 Å². The number of aromatic hydroxyl groups is 1. The van der Waals surface area contributed by atoms with Gasteiger partial charge in [0.25, 0.3) is 0 Å². The number of rotatable bonds is 7. The number of nitrogens with zero attached hydrogens (tertiary/aromatic N) is 1. The summed E-state index contributed by atoms with van der Waals surface area (Å²) in [5.41, 5.74) is 1.69. The van der Waals surface area contributed by atoms with Gasteiger partial charge in [-0.3, -0.25) is 4.90 Å².